The van der Waals surface area contributed by atoms with E-state index >= 15 is 0 Å². The number of ether oxygens (including phenoxy) is 1. The smallest absolute Gasteiger partial charge is 0.407 e. The molecule has 1 heterocycles. The van der Waals surface area contributed by atoms with Gasteiger partial charge in [-0.15, -0.1) is 0 Å². The lowest BCUT2D eigenvalue weighted by Gasteiger charge is -2.19. The molecule has 8 heteroatoms. The number of carboxylic acid groups (broad SMARTS) is 1. The summed E-state index contributed by atoms with van der Waals surface area (Å²) in [4.78, 5) is 40.6. The molecule has 3 aromatic rings. The molecule has 4 rings (SSSR count). The molecule has 174 valence electrons. The normalized spacial score (nSPS) is 12.9. The van der Waals surface area contributed by atoms with Crippen LogP contribution in [-0.2, 0) is 20.9 Å². The van der Waals surface area contributed by atoms with E-state index in [2.05, 4.69) is 15.6 Å². The summed E-state index contributed by atoms with van der Waals surface area (Å²) in [6.45, 7) is 2.04. The van der Waals surface area contributed by atoms with E-state index in [4.69, 9.17) is 4.74 Å². The maximum atomic E-state index is 12.6. The molecule has 34 heavy (non-hydrogen) atoms. The summed E-state index contributed by atoms with van der Waals surface area (Å²) >= 11 is 0. The average Bonchev–Trinajstić information content (AvgIpc) is 3.15. The topological polar surface area (TPSA) is 118 Å². The SMILES string of the molecule is Cc1cccnc1CNC(=O)C(CC(=O)O)NC(=O)OCC1c2ccccc2-c2ccccc21. The third kappa shape index (κ3) is 5.06. The number of pyridine rings is 1. The fraction of sp³-hybridized carbons (Fsp3) is 0.231. The highest BCUT2D eigenvalue weighted by molar-refractivity contribution is 5.89. The van der Waals surface area contributed by atoms with Gasteiger partial charge in [-0.2, -0.15) is 0 Å². The van der Waals surface area contributed by atoms with E-state index in [0.29, 0.717) is 5.69 Å². The number of aliphatic carboxylic acids is 1. The van der Waals surface area contributed by atoms with Crippen molar-refractivity contribution in [3.8, 4) is 11.1 Å². The number of hydrogen-bond donors (Lipinski definition) is 3. The number of aromatic nitrogens is 1. The molecule has 1 aliphatic carbocycles. The number of benzene rings is 2. The third-order valence-corrected chi connectivity index (χ3v) is 5.88. The summed E-state index contributed by atoms with van der Waals surface area (Å²) in [7, 11) is 0. The van der Waals surface area contributed by atoms with Gasteiger partial charge in [-0.25, -0.2) is 4.79 Å². The van der Waals surface area contributed by atoms with Gasteiger partial charge in [0.2, 0.25) is 5.91 Å². The third-order valence-electron chi connectivity index (χ3n) is 5.88. The number of rotatable bonds is 8. The summed E-state index contributed by atoms with van der Waals surface area (Å²) < 4.78 is 5.45. The number of alkyl carbamates (subject to hydrolysis) is 1. The van der Waals surface area contributed by atoms with Crippen molar-refractivity contribution in [1.29, 1.82) is 0 Å². The van der Waals surface area contributed by atoms with Crippen LogP contribution in [0.1, 0.15) is 34.7 Å². The second-order valence-electron chi connectivity index (χ2n) is 8.11. The van der Waals surface area contributed by atoms with Gasteiger partial charge in [-0.05, 0) is 40.8 Å². The van der Waals surface area contributed by atoms with Crippen molar-refractivity contribution in [3.05, 3.63) is 89.2 Å². The molecule has 3 N–H and O–H groups in total. The minimum Gasteiger partial charge on any atom is -0.481 e. The first-order chi connectivity index (χ1) is 16.4. The van der Waals surface area contributed by atoms with Gasteiger partial charge in [0.05, 0.1) is 18.7 Å². The molecule has 2 amide bonds. The van der Waals surface area contributed by atoms with Gasteiger partial charge in [0.15, 0.2) is 0 Å². The van der Waals surface area contributed by atoms with E-state index in [-0.39, 0.29) is 19.1 Å². The van der Waals surface area contributed by atoms with Crippen LogP contribution in [0.3, 0.4) is 0 Å². The number of nitrogens with zero attached hydrogens (tertiary/aromatic N) is 1. The molecule has 0 bridgehead atoms. The molecule has 2 aromatic carbocycles. The van der Waals surface area contributed by atoms with Crippen molar-refractivity contribution in [3.63, 3.8) is 0 Å². The van der Waals surface area contributed by atoms with Gasteiger partial charge in [0.1, 0.15) is 12.6 Å². The number of aryl methyl sites for hydroxylation is 1. The van der Waals surface area contributed by atoms with E-state index in [0.717, 1.165) is 27.8 Å². The number of carboxylic acids is 1. The standard InChI is InChI=1S/C26H25N3O5/c1-16-7-6-12-27-23(16)14-28-25(32)22(13-24(30)31)29-26(33)34-15-21-19-10-4-2-8-17(19)18-9-3-5-11-20(18)21/h2-12,21-22H,13-15H2,1H3,(H,28,32)(H,29,33)(H,30,31). The molecule has 8 nitrogen and oxygen atoms in total. The maximum Gasteiger partial charge on any atom is 0.407 e. The van der Waals surface area contributed by atoms with Crippen LogP contribution in [0, 0.1) is 6.92 Å². The van der Waals surface area contributed by atoms with Crippen molar-refractivity contribution >= 4 is 18.0 Å². The van der Waals surface area contributed by atoms with Crippen LogP contribution < -0.4 is 10.6 Å². The van der Waals surface area contributed by atoms with Crippen molar-refractivity contribution in [2.24, 2.45) is 0 Å². The van der Waals surface area contributed by atoms with Gasteiger partial charge in [-0.3, -0.25) is 14.6 Å². The quantitative estimate of drug-likeness (QED) is 0.475. The molecule has 0 saturated carbocycles. The Balaban J connectivity index is 1.39. The molecule has 1 aliphatic rings. The Hall–Kier alpha value is -4.20. The molecule has 0 spiro atoms. The molecule has 0 fully saturated rings. The van der Waals surface area contributed by atoms with Crippen molar-refractivity contribution in [1.82, 2.24) is 15.6 Å². The number of nitrogens with one attached hydrogen (secondary N) is 2. The first kappa shape index (κ1) is 23.0. The molecule has 1 unspecified atom stereocenters. The zero-order valence-corrected chi connectivity index (χ0v) is 18.7. The largest absolute Gasteiger partial charge is 0.481 e. The van der Waals surface area contributed by atoms with Crippen molar-refractivity contribution in [2.45, 2.75) is 31.8 Å². The second kappa shape index (κ2) is 10.2. The Labute approximate surface area is 197 Å². The summed E-state index contributed by atoms with van der Waals surface area (Å²) in [5.41, 5.74) is 5.86. The van der Waals surface area contributed by atoms with Gasteiger partial charge in [0, 0.05) is 12.1 Å². The van der Waals surface area contributed by atoms with E-state index in [1.165, 1.54) is 0 Å². The fourth-order valence-electron chi connectivity index (χ4n) is 4.16. The van der Waals surface area contributed by atoms with E-state index in [1.54, 1.807) is 12.3 Å². The predicted molar refractivity (Wildman–Crippen MR) is 125 cm³/mol. The zero-order valence-electron chi connectivity index (χ0n) is 18.7. The highest BCUT2D eigenvalue weighted by Crippen LogP contribution is 2.44. The lowest BCUT2D eigenvalue weighted by atomic mass is 9.98. The monoisotopic (exact) mass is 459 g/mol. The second-order valence-corrected chi connectivity index (χ2v) is 8.11. The lowest BCUT2D eigenvalue weighted by Crippen LogP contribution is -2.48. The minimum atomic E-state index is -1.28. The highest BCUT2D eigenvalue weighted by atomic mass is 16.5. The van der Waals surface area contributed by atoms with Crippen LogP contribution in [0.15, 0.2) is 66.9 Å². The van der Waals surface area contributed by atoms with Crippen LogP contribution in [-0.4, -0.2) is 40.7 Å². The van der Waals surface area contributed by atoms with Gasteiger partial charge in [0.25, 0.3) is 0 Å². The van der Waals surface area contributed by atoms with E-state index < -0.39 is 30.4 Å². The molecule has 1 atom stereocenters. The fourth-order valence-corrected chi connectivity index (χ4v) is 4.16. The van der Waals surface area contributed by atoms with E-state index in [1.807, 2.05) is 61.5 Å². The lowest BCUT2D eigenvalue weighted by molar-refractivity contribution is -0.139. The van der Waals surface area contributed by atoms with E-state index in [9.17, 15) is 19.5 Å². The van der Waals surface area contributed by atoms with Crippen LogP contribution in [0.5, 0.6) is 0 Å². The van der Waals surface area contributed by atoms with Crippen LogP contribution in [0.4, 0.5) is 4.79 Å². The minimum absolute atomic E-state index is 0.0639. The van der Waals surface area contributed by atoms with Gasteiger partial charge >= 0.3 is 12.1 Å². The highest BCUT2D eigenvalue weighted by Gasteiger charge is 2.30. The predicted octanol–water partition coefficient (Wildman–Crippen LogP) is 3.39. The Kier molecular flexibility index (Phi) is 6.87. The number of hydrogen-bond acceptors (Lipinski definition) is 5. The molecular weight excluding hydrogens is 434 g/mol. The molecular formula is C26H25N3O5. The summed E-state index contributed by atoms with van der Waals surface area (Å²) in [6, 6.07) is 18.2. The zero-order chi connectivity index (χ0) is 24.1. The number of carbonyl (C=O) groups excluding carboxylic acids is 2. The van der Waals surface area contributed by atoms with Crippen LogP contribution in [0.25, 0.3) is 11.1 Å². The maximum absolute atomic E-state index is 12.6. The first-order valence-electron chi connectivity index (χ1n) is 11.0. The van der Waals surface area contributed by atoms with Crippen LogP contribution >= 0.6 is 0 Å². The first-order valence-corrected chi connectivity index (χ1v) is 11.0. The molecule has 0 aliphatic heterocycles. The number of carbonyl (C=O) groups is 3. The molecule has 0 saturated heterocycles. The van der Waals surface area contributed by atoms with Crippen LogP contribution in [0.2, 0.25) is 0 Å². The summed E-state index contributed by atoms with van der Waals surface area (Å²) in [5, 5.41) is 14.2. The Morgan fingerprint density at radius 1 is 1.00 bits per heavy atom. The van der Waals surface area contributed by atoms with Gasteiger partial charge < -0.3 is 20.5 Å². The molecule has 1 aromatic heterocycles. The summed E-state index contributed by atoms with van der Waals surface area (Å²) in [6.07, 6.45) is 0.187. The Bertz CT molecular complexity index is 1180. The van der Waals surface area contributed by atoms with Crippen molar-refractivity contribution < 1.29 is 24.2 Å². The number of amides is 2. The number of fused-ring (bicyclic) bond motifs is 3. The van der Waals surface area contributed by atoms with Gasteiger partial charge in [-0.1, -0.05) is 54.6 Å². The Morgan fingerprint density at radius 3 is 2.26 bits per heavy atom. The summed E-state index contributed by atoms with van der Waals surface area (Å²) in [5.74, 6) is -1.98. The molecule has 0 radical (unpaired) electrons. The average molecular weight is 460 g/mol. The van der Waals surface area contributed by atoms with Crippen molar-refractivity contribution in [2.75, 3.05) is 6.61 Å². The Morgan fingerprint density at radius 2 is 1.65 bits per heavy atom.